The van der Waals surface area contributed by atoms with Crippen LogP contribution in [0.3, 0.4) is 0 Å². The molecular weight excluding hydrogens is 380 g/mol. The van der Waals surface area contributed by atoms with Crippen molar-refractivity contribution in [3.05, 3.63) is 59.7 Å². The number of hydrogen-bond donors (Lipinski definition) is 1. The van der Waals surface area contributed by atoms with Crippen LogP contribution in [0.4, 0.5) is 0 Å². The molecule has 2 aromatic carbocycles. The molecule has 1 aliphatic rings. The summed E-state index contributed by atoms with van der Waals surface area (Å²) in [5.74, 6) is -0.0651. The number of carbonyl (C=O) groups excluding carboxylic acids is 2. The molecule has 2 amide bonds. The molecule has 2 aromatic rings. The van der Waals surface area contributed by atoms with E-state index in [1.807, 2.05) is 24.3 Å². The van der Waals surface area contributed by atoms with Crippen molar-refractivity contribution in [2.24, 2.45) is 0 Å². The van der Waals surface area contributed by atoms with Crippen molar-refractivity contribution >= 4 is 21.8 Å². The highest BCUT2D eigenvalue weighted by molar-refractivity contribution is 7.90. The highest BCUT2D eigenvalue weighted by Crippen LogP contribution is 2.29. The fraction of sp³-hybridized carbons (Fsp3) is 0.300. The van der Waals surface area contributed by atoms with Gasteiger partial charge in [-0.2, -0.15) is 0 Å². The molecule has 8 heteroatoms. The highest BCUT2D eigenvalue weighted by atomic mass is 32.2. The molecule has 7 nitrogen and oxygen atoms in total. The predicted octanol–water partition coefficient (Wildman–Crippen LogP) is 1.98. The number of nitrogens with one attached hydrogen (secondary N) is 1. The third-order valence-corrected chi connectivity index (χ3v) is 6.43. The van der Waals surface area contributed by atoms with E-state index >= 15 is 0 Å². The Balaban J connectivity index is 1.47. The van der Waals surface area contributed by atoms with Crippen molar-refractivity contribution in [2.45, 2.75) is 24.2 Å². The lowest BCUT2D eigenvalue weighted by atomic mass is 10.1. The van der Waals surface area contributed by atoms with Gasteiger partial charge in [-0.05, 0) is 36.6 Å². The first-order valence-corrected chi connectivity index (χ1v) is 10.4. The van der Waals surface area contributed by atoms with Gasteiger partial charge in [-0.15, -0.1) is 0 Å². The number of fused-ring (bicyclic) bond motifs is 1. The SMILES string of the molecule is COc1ccccc1CCCNC(=O)CCN1C(=O)c2ccccc2S1(=O)=O. The summed E-state index contributed by atoms with van der Waals surface area (Å²) in [6.45, 7) is 0.284. The number of amides is 2. The van der Waals surface area contributed by atoms with E-state index in [1.165, 1.54) is 12.1 Å². The summed E-state index contributed by atoms with van der Waals surface area (Å²) in [5, 5.41) is 2.77. The van der Waals surface area contributed by atoms with E-state index in [0.29, 0.717) is 6.54 Å². The third kappa shape index (κ3) is 4.01. The number of carbonyl (C=O) groups is 2. The second-order valence-corrected chi connectivity index (χ2v) is 8.22. The number of rotatable bonds is 8. The van der Waals surface area contributed by atoms with Gasteiger partial charge in [0.2, 0.25) is 5.91 Å². The van der Waals surface area contributed by atoms with Crippen LogP contribution in [0.5, 0.6) is 5.75 Å². The largest absolute Gasteiger partial charge is 0.496 e. The topological polar surface area (TPSA) is 92.8 Å². The fourth-order valence-electron chi connectivity index (χ4n) is 3.16. The summed E-state index contributed by atoms with van der Waals surface area (Å²) in [6.07, 6.45) is 1.39. The van der Waals surface area contributed by atoms with Crippen LogP contribution in [0, 0.1) is 0 Å². The van der Waals surface area contributed by atoms with E-state index in [1.54, 1.807) is 19.2 Å². The predicted molar refractivity (Wildman–Crippen MR) is 104 cm³/mol. The summed E-state index contributed by atoms with van der Waals surface area (Å²) in [6, 6.07) is 13.8. The number of ether oxygens (including phenoxy) is 1. The number of para-hydroxylation sites is 1. The molecule has 1 N–H and O–H groups in total. The average Bonchev–Trinajstić information content (AvgIpc) is 2.90. The van der Waals surface area contributed by atoms with E-state index in [9.17, 15) is 18.0 Å². The molecular formula is C20H22N2O5S. The fourth-order valence-corrected chi connectivity index (χ4v) is 4.73. The lowest BCUT2D eigenvalue weighted by Crippen LogP contribution is -2.35. The maximum Gasteiger partial charge on any atom is 0.269 e. The summed E-state index contributed by atoms with van der Waals surface area (Å²) >= 11 is 0. The van der Waals surface area contributed by atoms with Gasteiger partial charge >= 0.3 is 0 Å². The van der Waals surface area contributed by atoms with Gasteiger partial charge < -0.3 is 10.1 Å². The van der Waals surface area contributed by atoms with Crippen LogP contribution in [0.25, 0.3) is 0 Å². The zero-order valence-corrected chi connectivity index (χ0v) is 16.4. The summed E-state index contributed by atoms with van der Waals surface area (Å²) in [4.78, 5) is 24.4. The highest BCUT2D eigenvalue weighted by Gasteiger charge is 2.40. The van der Waals surface area contributed by atoms with Crippen molar-refractivity contribution in [3.8, 4) is 5.75 Å². The maximum absolute atomic E-state index is 12.4. The normalized spacial score (nSPS) is 14.6. The minimum atomic E-state index is -3.87. The summed E-state index contributed by atoms with van der Waals surface area (Å²) in [5.41, 5.74) is 1.21. The van der Waals surface area contributed by atoms with E-state index in [0.717, 1.165) is 28.5 Å². The zero-order chi connectivity index (χ0) is 20.1. The minimum absolute atomic E-state index is 0.00258. The van der Waals surface area contributed by atoms with Crippen LogP contribution in [-0.4, -0.2) is 44.7 Å². The van der Waals surface area contributed by atoms with Crippen LogP contribution in [-0.2, 0) is 21.2 Å². The molecule has 0 unspecified atom stereocenters. The molecule has 3 rings (SSSR count). The van der Waals surface area contributed by atoms with Crippen LogP contribution >= 0.6 is 0 Å². The number of aryl methyl sites for hydroxylation is 1. The average molecular weight is 402 g/mol. The molecule has 0 bridgehead atoms. The second kappa shape index (κ2) is 8.43. The van der Waals surface area contributed by atoms with Gasteiger partial charge in [0.05, 0.1) is 12.7 Å². The lowest BCUT2D eigenvalue weighted by Gasteiger charge is -2.14. The lowest BCUT2D eigenvalue weighted by molar-refractivity contribution is -0.121. The van der Waals surface area contributed by atoms with E-state index in [-0.39, 0.29) is 29.3 Å². The number of sulfonamides is 1. The molecule has 0 fully saturated rings. The molecule has 148 valence electrons. The molecule has 1 heterocycles. The Morgan fingerprint density at radius 3 is 2.57 bits per heavy atom. The monoisotopic (exact) mass is 402 g/mol. The Bertz CT molecular complexity index is 988. The number of nitrogens with zero attached hydrogens (tertiary/aromatic N) is 1. The van der Waals surface area contributed by atoms with Crippen LogP contribution in [0.2, 0.25) is 0 Å². The van der Waals surface area contributed by atoms with Gasteiger partial charge in [0.25, 0.3) is 15.9 Å². The smallest absolute Gasteiger partial charge is 0.269 e. The van der Waals surface area contributed by atoms with Crippen molar-refractivity contribution in [1.29, 1.82) is 0 Å². The van der Waals surface area contributed by atoms with Crippen LogP contribution in [0.15, 0.2) is 53.4 Å². The Kier molecular flexibility index (Phi) is 5.99. The Labute approximate surface area is 164 Å². The first-order chi connectivity index (χ1) is 13.4. The molecule has 0 atom stereocenters. The van der Waals surface area contributed by atoms with Crippen molar-refractivity contribution in [3.63, 3.8) is 0 Å². The molecule has 0 saturated carbocycles. The Hall–Kier alpha value is -2.87. The third-order valence-electron chi connectivity index (χ3n) is 4.59. The Morgan fingerprint density at radius 2 is 1.82 bits per heavy atom. The zero-order valence-electron chi connectivity index (χ0n) is 15.6. The van der Waals surface area contributed by atoms with Gasteiger partial charge in [0, 0.05) is 19.5 Å². The summed E-state index contributed by atoms with van der Waals surface area (Å²) in [7, 11) is -2.25. The first-order valence-electron chi connectivity index (χ1n) is 9.00. The molecule has 0 saturated heterocycles. The van der Waals surface area contributed by atoms with Gasteiger partial charge in [0.15, 0.2) is 0 Å². The minimum Gasteiger partial charge on any atom is -0.496 e. The Morgan fingerprint density at radius 1 is 1.11 bits per heavy atom. The van der Waals surface area contributed by atoms with Crippen LogP contribution in [0.1, 0.15) is 28.8 Å². The quantitative estimate of drug-likeness (QED) is 0.682. The molecule has 1 aliphatic heterocycles. The van der Waals surface area contributed by atoms with Gasteiger partial charge in [0.1, 0.15) is 10.6 Å². The van der Waals surface area contributed by atoms with E-state index in [4.69, 9.17) is 4.74 Å². The van der Waals surface area contributed by atoms with Crippen molar-refractivity contribution in [1.82, 2.24) is 9.62 Å². The standard InChI is InChI=1S/C20H22N2O5S/c1-27-17-10-4-2-7-15(17)8-6-13-21-19(23)12-14-22-20(24)16-9-3-5-11-18(16)28(22,25)26/h2-5,7,9-11H,6,8,12-14H2,1H3,(H,21,23). The number of benzene rings is 2. The molecule has 0 aliphatic carbocycles. The van der Waals surface area contributed by atoms with E-state index in [2.05, 4.69) is 5.32 Å². The summed E-state index contributed by atoms with van der Waals surface area (Å²) < 4.78 is 31.0. The van der Waals surface area contributed by atoms with Crippen molar-refractivity contribution in [2.75, 3.05) is 20.2 Å². The van der Waals surface area contributed by atoms with Gasteiger partial charge in [-0.1, -0.05) is 30.3 Å². The van der Waals surface area contributed by atoms with Crippen molar-refractivity contribution < 1.29 is 22.7 Å². The first kappa shape index (κ1) is 19.9. The van der Waals surface area contributed by atoms with Gasteiger partial charge in [-0.3, -0.25) is 9.59 Å². The number of hydrogen-bond acceptors (Lipinski definition) is 5. The van der Waals surface area contributed by atoms with Crippen LogP contribution < -0.4 is 10.1 Å². The second-order valence-electron chi connectivity index (χ2n) is 6.39. The molecule has 0 spiro atoms. The van der Waals surface area contributed by atoms with E-state index < -0.39 is 15.9 Å². The maximum atomic E-state index is 12.4. The molecule has 28 heavy (non-hydrogen) atoms. The number of methoxy groups -OCH3 is 1. The molecule has 0 radical (unpaired) electrons. The van der Waals surface area contributed by atoms with Gasteiger partial charge in [-0.25, -0.2) is 12.7 Å². The molecule has 0 aromatic heterocycles.